The predicted octanol–water partition coefficient (Wildman–Crippen LogP) is 1.14. The van der Waals surface area contributed by atoms with Crippen molar-refractivity contribution in [3.8, 4) is 0 Å². The number of aromatic nitrogens is 1. The third-order valence-electron chi connectivity index (χ3n) is 2.03. The summed E-state index contributed by atoms with van der Waals surface area (Å²) in [5.74, 6) is 0.698. The summed E-state index contributed by atoms with van der Waals surface area (Å²) in [5, 5.41) is 3.06. The van der Waals surface area contributed by atoms with Gasteiger partial charge in [0.25, 0.3) is 0 Å². The van der Waals surface area contributed by atoms with Crippen molar-refractivity contribution in [3.05, 3.63) is 29.7 Å². The molecule has 74 valence electrons. The molecule has 0 bridgehead atoms. The molecule has 2 rings (SSSR count). The van der Waals surface area contributed by atoms with E-state index in [4.69, 9.17) is 10.2 Å². The van der Waals surface area contributed by atoms with E-state index in [1.54, 1.807) is 0 Å². The Kier molecular flexibility index (Phi) is 2.47. The highest BCUT2D eigenvalue weighted by Gasteiger charge is 2.02. The van der Waals surface area contributed by atoms with Gasteiger partial charge in [0.1, 0.15) is 5.52 Å². The summed E-state index contributed by atoms with van der Waals surface area (Å²) >= 11 is 0. The molecular formula is C10H13N3O. The molecule has 0 saturated heterocycles. The van der Waals surface area contributed by atoms with Crippen LogP contribution in [0.15, 0.2) is 22.6 Å². The van der Waals surface area contributed by atoms with Gasteiger partial charge in [-0.25, -0.2) is 4.98 Å². The van der Waals surface area contributed by atoms with Crippen LogP contribution in [-0.4, -0.2) is 11.7 Å². The molecule has 0 aliphatic heterocycles. The highest BCUT2D eigenvalue weighted by atomic mass is 16.3. The number of hydrogen-bond donors (Lipinski definition) is 2. The maximum atomic E-state index is 5.37. The molecule has 0 fully saturated rings. The Balaban J connectivity index is 2.31. The minimum atomic E-state index is 0.482. The molecule has 3 N–H and O–H groups in total. The van der Waals surface area contributed by atoms with Crippen molar-refractivity contribution < 1.29 is 4.42 Å². The van der Waals surface area contributed by atoms with E-state index < -0.39 is 0 Å². The van der Waals surface area contributed by atoms with Crippen molar-refractivity contribution in [1.29, 1.82) is 0 Å². The van der Waals surface area contributed by atoms with Gasteiger partial charge >= 0.3 is 0 Å². The molecule has 0 atom stereocenters. The van der Waals surface area contributed by atoms with Gasteiger partial charge in [-0.15, -0.1) is 0 Å². The standard InChI is InChI=1S/C10H13N3O/c1-7-13-9-4-8(5-12-6-11)2-3-10(9)14-7/h2-4,12H,5-6,11H2,1H3. The minimum Gasteiger partial charge on any atom is -0.441 e. The Morgan fingerprint density at radius 3 is 3.14 bits per heavy atom. The summed E-state index contributed by atoms with van der Waals surface area (Å²) in [6.45, 7) is 3.09. The second-order valence-electron chi connectivity index (χ2n) is 3.17. The molecule has 0 aliphatic rings. The Morgan fingerprint density at radius 1 is 1.50 bits per heavy atom. The van der Waals surface area contributed by atoms with Crippen LogP contribution in [0.4, 0.5) is 0 Å². The van der Waals surface area contributed by atoms with Gasteiger partial charge < -0.3 is 15.5 Å². The number of hydrogen-bond acceptors (Lipinski definition) is 4. The predicted molar refractivity (Wildman–Crippen MR) is 54.6 cm³/mol. The smallest absolute Gasteiger partial charge is 0.192 e. The molecule has 14 heavy (non-hydrogen) atoms. The van der Waals surface area contributed by atoms with E-state index in [2.05, 4.69) is 10.3 Å². The number of oxazole rings is 1. The van der Waals surface area contributed by atoms with E-state index in [9.17, 15) is 0 Å². The molecular weight excluding hydrogens is 178 g/mol. The maximum absolute atomic E-state index is 5.37. The minimum absolute atomic E-state index is 0.482. The number of nitrogens with two attached hydrogens (primary N) is 1. The van der Waals surface area contributed by atoms with Crippen molar-refractivity contribution >= 4 is 11.1 Å². The molecule has 0 radical (unpaired) electrons. The van der Waals surface area contributed by atoms with E-state index >= 15 is 0 Å². The van der Waals surface area contributed by atoms with E-state index in [1.807, 2.05) is 25.1 Å². The summed E-state index contributed by atoms with van der Waals surface area (Å²) < 4.78 is 5.37. The molecule has 2 aromatic rings. The number of nitrogens with zero attached hydrogens (tertiary/aromatic N) is 1. The normalized spacial score (nSPS) is 11.0. The van der Waals surface area contributed by atoms with Gasteiger partial charge in [0.2, 0.25) is 0 Å². The lowest BCUT2D eigenvalue weighted by Crippen LogP contribution is -2.21. The summed E-state index contributed by atoms with van der Waals surface area (Å²) in [7, 11) is 0. The van der Waals surface area contributed by atoms with Crippen LogP contribution in [0, 0.1) is 6.92 Å². The zero-order chi connectivity index (χ0) is 9.97. The number of rotatable bonds is 3. The second-order valence-corrected chi connectivity index (χ2v) is 3.17. The molecule has 4 heteroatoms. The first kappa shape index (κ1) is 9.18. The van der Waals surface area contributed by atoms with Gasteiger partial charge in [-0.2, -0.15) is 0 Å². The lowest BCUT2D eigenvalue weighted by molar-refractivity contribution is 0.561. The molecule has 0 saturated carbocycles. The SMILES string of the molecule is Cc1nc2cc(CNCN)ccc2o1. The van der Waals surface area contributed by atoms with Crippen LogP contribution < -0.4 is 11.1 Å². The first-order valence-electron chi connectivity index (χ1n) is 4.56. The molecule has 1 aromatic carbocycles. The Morgan fingerprint density at radius 2 is 2.36 bits per heavy atom. The quantitative estimate of drug-likeness (QED) is 0.714. The van der Waals surface area contributed by atoms with E-state index in [1.165, 1.54) is 0 Å². The maximum Gasteiger partial charge on any atom is 0.192 e. The molecule has 0 spiro atoms. The van der Waals surface area contributed by atoms with Crippen LogP contribution in [0.1, 0.15) is 11.5 Å². The molecule has 1 aromatic heterocycles. The highest BCUT2D eigenvalue weighted by Crippen LogP contribution is 2.16. The molecule has 4 nitrogen and oxygen atoms in total. The van der Waals surface area contributed by atoms with Crippen LogP contribution in [0.3, 0.4) is 0 Å². The van der Waals surface area contributed by atoms with Crippen LogP contribution in [0.25, 0.3) is 11.1 Å². The fourth-order valence-corrected chi connectivity index (χ4v) is 1.41. The summed E-state index contributed by atoms with van der Waals surface area (Å²) in [6, 6.07) is 5.95. The average Bonchev–Trinajstić information content (AvgIpc) is 2.54. The summed E-state index contributed by atoms with van der Waals surface area (Å²) in [4.78, 5) is 4.26. The summed E-state index contributed by atoms with van der Waals surface area (Å²) in [5.41, 5.74) is 8.25. The van der Waals surface area contributed by atoms with Crippen molar-refractivity contribution in [3.63, 3.8) is 0 Å². The van der Waals surface area contributed by atoms with Gasteiger partial charge in [0.05, 0.1) is 0 Å². The Labute approximate surface area is 82.1 Å². The van der Waals surface area contributed by atoms with Crippen molar-refractivity contribution in [2.24, 2.45) is 5.73 Å². The molecule has 0 unspecified atom stereocenters. The summed E-state index contributed by atoms with van der Waals surface area (Å²) in [6.07, 6.45) is 0. The number of fused-ring (bicyclic) bond motifs is 1. The van der Waals surface area contributed by atoms with Gasteiger partial charge in [-0.05, 0) is 17.7 Å². The first-order valence-corrected chi connectivity index (χ1v) is 4.56. The van der Waals surface area contributed by atoms with Gasteiger partial charge in [0.15, 0.2) is 11.5 Å². The van der Waals surface area contributed by atoms with Crippen molar-refractivity contribution in [2.75, 3.05) is 6.67 Å². The first-order chi connectivity index (χ1) is 6.79. The number of nitrogens with one attached hydrogen (secondary N) is 1. The van der Waals surface area contributed by atoms with Crippen LogP contribution in [-0.2, 0) is 6.54 Å². The fourth-order valence-electron chi connectivity index (χ4n) is 1.41. The third-order valence-corrected chi connectivity index (χ3v) is 2.03. The zero-order valence-corrected chi connectivity index (χ0v) is 8.08. The molecule has 1 heterocycles. The van der Waals surface area contributed by atoms with Crippen molar-refractivity contribution in [1.82, 2.24) is 10.3 Å². The zero-order valence-electron chi connectivity index (χ0n) is 8.08. The van der Waals surface area contributed by atoms with Crippen LogP contribution >= 0.6 is 0 Å². The lowest BCUT2D eigenvalue weighted by atomic mass is 10.2. The fraction of sp³-hybridized carbons (Fsp3) is 0.300. The van der Waals surface area contributed by atoms with Gasteiger partial charge in [-0.1, -0.05) is 6.07 Å². The van der Waals surface area contributed by atoms with Gasteiger partial charge in [-0.3, -0.25) is 0 Å². The van der Waals surface area contributed by atoms with E-state index in [0.29, 0.717) is 12.6 Å². The second kappa shape index (κ2) is 3.77. The molecule has 0 aliphatic carbocycles. The lowest BCUT2D eigenvalue weighted by Gasteiger charge is -2.00. The monoisotopic (exact) mass is 191 g/mol. The van der Waals surface area contributed by atoms with E-state index in [0.717, 1.165) is 23.2 Å². The van der Waals surface area contributed by atoms with Crippen LogP contribution in [0.5, 0.6) is 0 Å². The Bertz CT molecular complexity index is 436. The van der Waals surface area contributed by atoms with E-state index in [-0.39, 0.29) is 0 Å². The number of benzene rings is 1. The highest BCUT2D eigenvalue weighted by molar-refractivity contribution is 5.73. The number of aryl methyl sites for hydroxylation is 1. The Hall–Kier alpha value is -1.39. The van der Waals surface area contributed by atoms with Gasteiger partial charge in [0, 0.05) is 20.1 Å². The topological polar surface area (TPSA) is 64.1 Å². The van der Waals surface area contributed by atoms with Crippen LogP contribution in [0.2, 0.25) is 0 Å². The third kappa shape index (κ3) is 1.76. The largest absolute Gasteiger partial charge is 0.441 e. The molecule has 0 amide bonds. The van der Waals surface area contributed by atoms with Crippen molar-refractivity contribution in [2.45, 2.75) is 13.5 Å². The average molecular weight is 191 g/mol.